The van der Waals surface area contributed by atoms with Gasteiger partial charge in [0.25, 0.3) is 17.7 Å². The van der Waals surface area contributed by atoms with E-state index < -0.39 is 29.7 Å². The molecule has 174 valence electrons. The second kappa shape index (κ2) is 12.5. The second-order valence-corrected chi connectivity index (χ2v) is 6.78. The molecule has 0 radical (unpaired) electrons. The highest BCUT2D eigenvalue weighted by Gasteiger charge is 2.44. The first-order chi connectivity index (χ1) is 15.5. The number of likely N-dealkylation sites (N-methyl/N-ethyl adjacent to an activating group) is 1. The quantitative estimate of drug-likeness (QED) is 0.221. The second-order valence-electron chi connectivity index (χ2n) is 6.78. The van der Waals surface area contributed by atoms with E-state index in [1.807, 2.05) is 0 Å². The molecular formula is C21H27N3O8. The number of nitrogens with one attached hydrogen (secondary N) is 2. The highest BCUT2D eigenvalue weighted by Crippen LogP contribution is 2.33. The van der Waals surface area contributed by atoms with Crippen LogP contribution >= 0.6 is 0 Å². The maximum absolute atomic E-state index is 13.0. The molecular weight excluding hydrogens is 422 g/mol. The molecule has 1 aliphatic heterocycles. The number of hydrogen-bond acceptors (Lipinski definition) is 8. The summed E-state index contributed by atoms with van der Waals surface area (Å²) in [6.07, 6.45) is 0.619. The molecule has 1 heterocycles. The lowest BCUT2D eigenvalue weighted by Gasteiger charge is -2.24. The van der Waals surface area contributed by atoms with E-state index in [4.69, 9.17) is 14.2 Å². The van der Waals surface area contributed by atoms with E-state index >= 15 is 0 Å². The van der Waals surface area contributed by atoms with Crippen LogP contribution in [0.2, 0.25) is 0 Å². The Balaban J connectivity index is 2.05. The first-order valence-corrected chi connectivity index (χ1v) is 10.1. The van der Waals surface area contributed by atoms with Crippen molar-refractivity contribution in [3.8, 4) is 5.75 Å². The van der Waals surface area contributed by atoms with E-state index in [-0.39, 0.29) is 42.9 Å². The van der Waals surface area contributed by atoms with Gasteiger partial charge in [-0.2, -0.15) is 0 Å². The number of nitrogens with zero attached hydrogens (tertiary/aromatic N) is 1. The largest absolute Gasteiger partial charge is 0.483 e. The Morgan fingerprint density at radius 2 is 1.94 bits per heavy atom. The fourth-order valence-electron chi connectivity index (χ4n) is 3.15. The van der Waals surface area contributed by atoms with Crippen LogP contribution in [-0.2, 0) is 23.9 Å². The van der Waals surface area contributed by atoms with Crippen molar-refractivity contribution < 1.29 is 38.2 Å². The molecule has 32 heavy (non-hydrogen) atoms. The first kappa shape index (κ1) is 25.0. The number of rotatable bonds is 14. The number of methoxy groups -OCH3 is 1. The average Bonchev–Trinajstić information content (AvgIpc) is 3.05. The molecule has 4 amide bonds. The van der Waals surface area contributed by atoms with Gasteiger partial charge in [0, 0.05) is 27.1 Å². The van der Waals surface area contributed by atoms with Gasteiger partial charge in [0.2, 0.25) is 5.91 Å². The normalized spacial score (nSPS) is 13.5. The van der Waals surface area contributed by atoms with Crippen LogP contribution in [-0.4, -0.2) is 88.0 Å². The number of benzene rings is 1. The Labute approximate surface area is 185 Å². The minimum Gasteiger partial charge on any atom is -0.483 e. The van der Waals surface area contributed by atoms with Crippen molar-refractivity contribution in [3.63, 3.8) is 0 Å². The van der Waals surface area contributed by atoms with Crippen LogP contribution in [0.25, 0.3) is 0 Å². The SMILES string of the molecule is CNC(=O)C(CCC=O)N1C(=O)c2cccc(OCC(=O)NCCOCCOC)c2C1=O. The number of carbonyl (C=O) groups excluding carboxylic acids is 5. The van der Waals surface area contributed by atoms with E-state index in [0.29, 0.717) is 26.1 Å². The van der Waals surface area contributed by atoms with E-state index in [1.54, 1.807) is 7.11 Å². The predicted octanol–water partition coefficient (Wildman–Crippen LogP) is -0.466. The summed E-state index contributed by atoms with van der Waals surface area (Å²) in [7, 11) is 2.94. The molecule has 0 aromatic heterocycles. The van der Waals surface area contributed by atoms with Gasteiger partial charge in [-0.05, 0) is 18.6 Å². The van der Waals surface area contributed by atoms with Crippen LogP contribution in [0.3, 0.4) is 0 Å². The smallest absolute Gasteiger partial charge is 0.266 e. The Kier molecular flexibility index (Phi) is 9.76. The van der Waals surface area contributed by atoms with Crippen molar-refractivity contribution in [3.05, 3.63) is 29.3 Å². The lowest BCUT2D eigenvalue weighted by molar-refractivity contribution is -0.125. The Morgan fingerprint density at radius 3 is 2.62 bits per heavy atom. The summed E-state index contributed by atoms with van der Waals surface area (Å²) in [6, 6.07) is 3.30. The monoisotopic (exact) mass is 449 g/mol. The average molecular weight is 449 g/mol. The minimum atomic E-state index is -1.13. The zero-order valence-corrected chi connectivity index (χ0v) is 18.0. The van der Waals surface area contributed by atoms with Crippen LogP contribution in [0, 0.1) is 0 Å². The molecule has 1 atom stereocenters. The highest BCUT2D eigenvalue weighted by molar-refractivity contribution is 6.24. The number of hydrogen-bond donors (Lipinski definition) is 2. The fraction of sp³-hybridized carbons (Fsp3) is 0.476. The van der Waals surface area contributed by atoms with Gasteiger partial charge in [-0.25, -0.2) is 0 Å². The molecule has 1 aromatic carbocycles. The van der Waals surface area contributed by atoms with Gasteiger partial charge < -0.3 is 29.6 Å². The minimum absolute atomic E-state index is 0.000307. The predicted molar refractivity (Wildman–Crippen MR) is 111 cm³/mol. The number of aldehydes is 1. The lowest BCUT2D eigenvalue weighted by atomic mass is 10.1. The molecule has 1 aliphatic rings. The van der Waals surface area contributed by atoms with Gasteiger partial charge in [0.05, 0.1) is 30.9 Å². The molecule has 0 fully saturated rings. The number of fused-ring (bicyclic) bond motifs is 1. The molecule has 2 N–H and O–H groups in total. The van der Waals surface area contributed by atoms with E-state index in [2.05, 4.69) is 10.6 Å². The van der Waals surface area contributed by atoms with Gasteiger partial charge in [0.15, 0.2) is 6.61 Å². The number of carbonyl (C=O) groups is 5. The third-order valence-electron chi connectivity index (χ3n) is 4.69. The molecule has 2 rings (SSSR count). The van der Waals surface area contributed by atoms with Crippen LogP contribution in [0.15, 0.2) is 18.2 Å². The van der Waals surface area contributed by atoms with Crippen molar-refractivity contribution in [2.24, 2.45) is 0 Å². The van der Waals surface area contributed by atoms with Crippen LogP contribution in [0.4, 0.5) is 0 Å². The van der Waals surface area contributed by atoms with E-state index in [1.165, 1.54) is 25.2 Å². The summed E-state index contributed by atoms with van der Waals surface area (Å²) < 4.78 is 15.6. The topological polar surface area (TPSA) is 140 Å². The molecule has 0 bridgehead atoms. The third-order valence-corrected chi connectivity index (χ3v) is 4.69. The molecule has 1 aromatic rings. The van der Waals surface area contributed by atoms with Crippen molar-refractivity contribution in [2.75, 3.05) is 47.1 Å². The van der Waals surface area contributed by atoms with Gasteiger partial charge >= 0.3 is 0 Å². The molecule has 11 heteroatoms. The maximum Gasteiger partial charge on any atom is 0.266 e. The summed E-state index contributed by atoms with van der Waals surface area (Å²) in [5, 5.41) is 5.02. The van der Waals surface area contributed by atoms with Crippen molar-refractivity contribution in [1.29, 1.82) is 0 Å². The molecule has 0 spiro atoms. The number of imide groups is 1. The molecule has 1 unspecified atom stereocenters. The third kappa shape index (κ3) is 6.11. The van der Waals surface area contributed by atoms with Gasteiger partial charge in [0.1, 0.15) is 18.1 Å². The van der Waals surface area contributed by atoms with Crippen molar-refractivity contribution in [2.45, 2.75) is 18.9 Å². The number of ether oxygens (including phenoxy) is 3. The Hall–Kier alpha value is -3.31. The van der Waals surface area contributed by atoms with Gasteiger partial charge in [-0.15, -0.1) is 0 Å². The van der Waals surface area contributed by atoms with Crippen molar-refractivity contribution in [1.82, 2.24) is 15.5 Å². The Bertz CT molecular complexity index is 857. The summed E-state index contributed by atoms with van der Waals surface area (Å²) in [5.41, 5.74) is 0.0488. The molecule has 0 saturated heterocycles. The Morgan fingerprint density at radius 1 is 1.16 bits per heavy atom. The summed E-state index contributed by atoms with van der Waals surface area (Å²) >= 11 is 0. The van der Waals surface area contributed by atoms with Crippen LogP contribution in [0.1, 0.15) is 33.6 Å². The highest BCUT2D eigenvalue weighted by atomic mass is 16.5. The standard InChI is InChI=1S/C21H27N3O8/c1-22-19(27)15(6-4-9-25)24-20(28)14-5-3-7-16(18(14)21(24)29)32-13-17(26)23-8-10-31-12-11-30-2/h3,5,7,9,15H,4,6,8,10-13H2,1-2H3,(H,22,27)(H,23,26). The van der Waals surface area contributed by atoms with Crippen molar-refractivity contribution >= 4 is 29.9 Å². The lowest BCUT2D eigenvalue weighted by Crippen LogP contribution is -2.48. The van der Waals surface area contributed by atoms with E-state index in [0.717, 1.165) is 4.90 Å². The number of amides is 4. The summed E-state index contributed by atoms with van der Waals surface area (Å²) in [4.78, 5) is 61.7. The van der Waals surface area contributed by atoms with Crippen LogP contribution < -0.4 is 15.4 Å². The summed E-state index contributed by atoms with van der Waals surface area (Å²) in [6.45, 7) is 1.07. The maximum atomic E-state index is 13.0. The molecule has 0 aliphatic carbocycles. The zero-order chi connectivity index (χ0) is 23.5. The van der Waals surface area contributed by atoms with Crippen LogP contribution in [0.5, 0.6) is 5.75 Å². The molecule has 0 saturated carbocycles. The van der Waals surface area contributed by atoms with Gasteiger partial charge in [-0.1, -0.05) is 6.07 Å². The van der Waals surface area contributed by atoms with E-state index in [9.17, 15) is 24.0 Å². The summed E-state index contributed by atoms with van der Waals surface area (Å²) in [5.74, 6) is -2.31. The fourth-order valence-corrected chi connectivity index (χ4v) is 3.15. The zero-order valence-electron chi connectivity index (χ0n) is 18.0. The molecule has 11 nitrogen and oxygen atoms in total. The first-order valence-electron chi connectivity index (χ1n) is 10.1. The van der Waals surface area contributed by atoms with Gasteiger partial charge in [-0.3, -0.25) is 24.1 Å².